The van der Waals surface area contributed by atoms with Gasteiger partial charge in [-0.05, 0) is 55.0 Å². The third kappa shape index (κ3) is 3.62. The van der Waals surface area contributed by atoms with Crippen LogP contribution in [0.2, 0.25) is 5.02 Å². The summed E-state index contributed by atoms with van der Waals surface area (Å²) < 4.78 is 13.6. The molecule has 1 aliphatic carbocycles. The van der Waals surface area contributed by atoms with Gasteiger partial charge in [0, 0.05) is 5.69 Å². The van der Waals surface area contributed by atoms with Crippen LogP contribution in [0.25, 0.3) is 0 Å². The Labute approximate surface area is 153 Å². The van der Waals surface area contributed by atoms with Gasteiger partial charge >= 0.3 is 5.97 Å². The molecule has 1 unspecified atom stereocenters. The van der Waals surface area contributed by atoms with Crippen molar-refractivity contribution in [2.24, 2.45) is 0 Å². The average Bonchev–Trinajstić information content (AvgIpc) is 2.61. The first kappa shape index (κ1) is 18.1. The number of carboxylic acids is 1. The second-order valence-corrected chi connectivity index (χ2v) is 6.55. The Hall–Kier alpha value is -2.67. The van der Waals surface area contributed by atoms with Crippen molar-refractivity contribution in [1.82, 2.24) is 10.3 Å². The number of H-pyrrole nitrogens is 1. The molecule has 136 valence electrons. The number of rotatable bonds is 4. The van der Waals surface area contributed by atoms with Gasteiger partial charge in [0.05, 0.1) is 5.02 Å². The van der Waals surface area contributed by atoms with Gasteiger partial charge in [-0.1, -0.05) is 17.7 Å². The zero-order valence-electron chi connectivity index (χ0n) is 13.6. The quantitative estimate of drug-likeness (QED) is 0.761. The molecule has 0 fully saturated rings. The molecule has 0 saturated heterocycles. The van der Waals surface area contributed by atoms with Gasteiger partial charge in [-0.3, -0.25) is 9.59 Å². The first-order valence-electron chi connectivity index (χ1n) is 8.10. The number of hydrogen-bond acceptors (Lipinski definition) is 3. The van der Waals surface area contributed by atoms with E-state index in [1.165, 1.54) is 18.2 Å². The number of aromatic amines is 1. The van der Waals surface area contributed by atoms with Crippen molar-refractivity contribution in [3.63, 3.8) is 0 Å². The average molecular weight is 379 g/mol. The van der Waals surface area contributed by atoms with Crippen LogP contribution in [0.1, 0.15) is 46.1 Å². The van der Waals surface area contributed by atoms with Gasteiger partial charge in [0.2, 0.25) is 0 Å². The van der Waals surface area contributed by atoms with Crippen LogP contribution in [0, 0.1) is 5.82 Å². The van der Waals surface area contributed by atoms with Gasteiger partial charge in [0.15, 0.2) is 6.04 Å². The summed E-state index contributed by atoms with van der Waals surface area (Å²) in [6, 6.07) is 3.45. The largest absolute Gasteiger partial charge is 0.479 e. The maximum absolute atomic E-state index is 13.6. The SMILES string of the molecule is O=C(NC(C(=O)O)c1ccc(Cl)c(F)c1)c1cc2c([nH]c1=O)CCCC2. The van der Waals surface area contributed by atoms with Crippen LogP contribution in [0.4, 0.5) is 4.39 Å². The third-order valence-corrected chi connectivity index (χ3v) is 4.69. The summed E-state index contributed by atoms with van der Waals surface area (Å²) >= 11 is 5.60. The number of nitrogens with one attached hydrogen (secondary N) is 2. The lowest BCUT2D eigenvalue weighted by Crippen LogP contribution is -2.37. The molecule has 0 saturated carbocycles. The molecule has 1 heterocycles. The van der Waals surface area contributed by atoms with Crippen molar-refractivity contribution in [2.45, 2.75) is 31.7 Å². The van der Waals surface area contributed by atoms with E-state index in [1.54, 1.807) is 0 Å². The van der Waals surface area contributed by atoms with Gasteiger partial charge in [-0.15, -0.1) is 0 Å². The molecule has 6 nitrogen and oxygen atoms in total. The van der Waals surface area contributed by atoms with Crippen molar-refractivity contribution >= 4 is 23.5 Å². The molecule has 0 radical (unpaired) electrons. The highest BCUT2D eigenvalue weighted by atomic mass is 35.5. The monoisotopic (exact) mass is 378 g/mol. The predicted molar refractivity (Wildman–Crippen MR) is 93.0 cm³/mol. The Morgan fingerprint density at radius 2 is 1.96 bits per heavy atom. The third-order valence-electron chi connectivity index (χ3n) is 4.38. The minimum atomic E-state index is -1.51. The highest BCUT2D eigenvalue weighted by Crippen LogP contribution is 2.22. The molecule has 1 aromatic heterocycles. The molecule has 0 aliphatic heterocycles. The molecule has 0 bridgehead atoms. The second-order valence-electron chi connectivity index (χ2n) is 6.14. The Kier molecular flexibility index (Phi) is 5.08. The zero-order valence-corrected chi connectivity index (χ0v) is 14.4. The number of aromatic nitrogens is 1. The molecule has 8 heteroatoms. The maximum Gasteiger partial charge on any atom is 0.330 e. The molecular formula is C18H16ClFN2O4. The Balaban J connectivity index is 1.90. The summed E-state index contributed by atoms with van der Waals surface area (Å²) in [4.78, 5) is 38.9. The van der Waals surface area contributed by atoms with Crippen LogP contribution in [-0.2, 0) is 17.6 Å². The van der Waals surface area contributed by atoms with E-state index in [9.17, 15) is 23.9 Å². The smallest absolute Gasteiger partial charge is 0.330 e. The Morgan fingerprint density at radius 3 is 2.65 bits per heavy atom. The fourth-order valence-corrected chi connectivity index (χ4v) is 3.15. The molecular weight excluding hydrogens is 363 g/mol. The second kappa shape index (κ2) is 7.29. The Morgan fingerprint density at radius 1 is 1.23 bits per heavy atom. The molecule has 1 amide bonds. The topological polar surface area (TPSA) is 99.3 Å². The number of fused-ring (bicyclic) bond motifs is 1. The van der Waals surface area contributed by atoms with Crippen LogP contribution in [-0.4, -0.2) is 22.0 Å². The Bertz CT molecular complexity index is 941. The number of carboxylic acid groups (broad SMARTS) is 1. The molecule has 1 aliphatic rings. The lowest BCUT2D eigenvalue weighted by atomic mass is 9.95. The van der Waals surface area contributed by atoms with Crippen LogP contribution in [0.3, 0.4) is 0 Å². The van der Waals surface area contributed by atoms with Gasteiger partial charge < -0.3 is 15.4 Å². The van der Waals surface area contributed by atoms with Crippen LogP contribution in [0.5, 0.6) is 0 Å². The number of carbonyl (C=O) groups is 2. The fraction of sp³-hybridized carbons (Fsp3) is 0.278. The number of amides is 1. The number of hydrogen-bond donors (Lipinski definition) is 3. The molecule has 26 heavy (non-hydrogen) atoms. The van der Waals surface area contributed by atoms with Crippen molar-refractivity contribution in [3.05, 3.63) is 67.8 Å². The fourth-order valence-electron chi connectivity index (χ4n) is 3.03. The van der Waals surface area contributed by atoms with Crippen LogP contribution < -0.4 is 10.9 Å². The summed E-state index contributed by atoms with van der Waals surface area (Å²) in [5, 5.41) is 11.5. The summed E-state index contributed by atoms with van der Waals surface area (Å²) in [6.45, 7) is 0. The van der Waals surface area contributed by atoms with E-state index in [2.05, 4.69) is 10.3 Å². The highest BCUT2D eigenvalue weighted by Gasteiger charge is 2.25. The van der Waals surface area contributed by atoms with Crippen molar-refractivity contribution in [1.29, 1.82) is 0 Å². The molecule has 1 aromatic carbocycles. The van der Waals surface area contributed by atoms with Gasteiger partial charge in [-0.2, -0.15) is 0 Å². The number of aliphatic carboxylic acids is 1. The van der Waals surface area contributed by atoms with Crippen LogP contribution >= 0.6 is 11.6 Å². The number of aryl methyl sites for hydroxylation is 2. The summed E-state index contributed by atoms with van der Waals surface area (Å²) in [5.41, 5.74) is 0.973. The molecule has 1 atom stereocenters. The van der Waals surface area contributed by atoms with Crippen molar-refractivity contribution < 1.29 is 19.1 Å². The van der Waals surface area contributed by atoms with Crippen molar-refractivity contribution in [3.8, 4) is 0 Å². The van der Waals surface area contributed by atoms with E-state index in [0.29, 0.717) is 0 Å². The normalized spacial score (nSPS) is 14.4. The molecule has 2 aromatic rings. The van der Waals surface area contributed by atoms with Crippen LogP contribution in [0.15, 0.2) is 29.1 Å². The van der Waals surface area contributed by atoms with Gasteiger partial charge in [-0.25, -0.2) is 9.18 Å². The van der Waals surface area contributed by atoms with Gasteiger partial charge in [0.25, 0.3) is 11.5 Å². The van der Waals surface area contributed by atoms with E-state index in [-0.39, 0.29) is 16.1 Å². The van der Waals surface area contributed by atoms with E-state index >= 15 is 0 Å². The number of halogens is 2. The highest BCUT2D eigenvalue weighted by molar-refractivity contribution is 6.30. The van der Waals surface area contributed by atoms with E-state index in [1.807, 2.05) is 0 Å². The zero-order chi connectivity index (χ0) is 18.8. The lowest BCUT2D eigenvalue weighted by Gasteiger charge is -2.18. The molecule has 0 spiro atoms. The van der Waals surface area contributed by atoms with Gasteiger partial charge in [0.1, 0.15) is 11.4 Å². The summed E-state index contributed by atoms with van der Waals surface area (Å²) in [7, 11) is 0. The first-order valence-corrected chi connectivity index (χ1v) is 8.48. The first-order chi connectivity index (χ1) is 12.4. The van der Waals surface area contributed by atoms with Crippen molar-refractivity contribution in [2.75, 3.05) is 0 Å². The van der Waals surface area contributed by atoms with E-state index in [0.717, 1.165) is 43.0 Å². The minimum absolute atomic E-state index is 0.0159. The standard InChI is InChI=1S/C18H16ClFN2O4/c19-12-6-5-10(8-13(12)20)15(18(25)26)22-17(24)11-7-9-3-1-2-4-14(9)21-16(11)23/h5-8,15H,1-4H2,(H,21,23)(H,22,24)(H,25,26). The number of carbonyl (C=O) groups excluding carboxylic acids is 1. The maximum atomic E-state index is 13.6. The number of benzene rings is 1. The number of pyridine rings is 1. The van der Waals surface area contributed by atoms with E-state index in [4.69, 9.17) is 11.6 Å². The molecule has 3 N–H and O–H groups in total. The lowest BCUT2D eigenvalue weighted by molar-refractivity contribution is -0.139. The summed E-state index contributed by atoms with van der Waals surface area (Å²) in [6.07, 6.45) is 3.42. The molecule has 3 rings (SSSR count). The summed E-state index contributed by atoms with van der Waals surface area (Å²) in [5.74, 6) is -3.01. The minimum Gasteiger partial charge on any atom is -0.479 e. The van der Waals surface area contributed by atoms with E-state index < -0.39 is 29.3 Å². The predicted octanol–water partition coefficient (Wildman–Crippen LogP) is 2.60.